The number of amides is 1. The molecule has 0 radical (unpaired) electrons. The maximum atomic E-state index is 13.7. The van der Waals surface area contributed by atoms with Crippen molar-refractivity contribution in [2.45, 2.75) is 68.9 Å². The Morgan fingerprint density at radius 3 is 2.67 bits per heavy atom. The molecule has 2 atom stereocenters. The molecule has 2 aromatic carbocycles. The summed E-state index contributed by atoms with van der Waals surface area (Å²) >= 11 is 1.47. The van der Waals surface area contributed by atoms with Gasteiger partial charge in [0.05, 0.1) is 10.9 Å². The van der Waals surface area contributed by atoms with Crippen molar-refractivity contribution in [2.24, 2.45) is 0 Å². The van der Waals surface area contributed by atoms with Crippen LogP contribution in [0.2, 0.25) is 0 Å². The van der Waals surface area contributed by atoms with Gasteiger partial charge in [-0.3, -0.25) is 9.59 Å². The number of hydrogen-bond acceptors (Lipinski definition) is 5. The van der Waals surface area contributed by atoms with Gasteiger partial charge in [0, 0.05) is 24.0 Å². The molecule has 0 fully saturated rings. The number of nitrogens with zero attached hydrogens (tertiary/aromatic N) is 5. The Labute approximate surface area is 214 Å². The summed E-state index contributed by atoms with van der Waals surface area (Å²) in [5.74, 6) is 0.542. The van der Waals surface area contributed by atoms with Crippen LogP contribution in [-0.2, 0) is 24.2 Å². The summed E-state index contributed by atoms with van der Waals surface area (Å²) in [6.07, 6.45) is 4.83. The molecule has 0 bridgehead atoms. The lowest BCUT2D eigenvalue weighted by atomic mass is 10.1. The Kier molecular flexibility index (Phi) is 5.91. The molecule has 0 saturated carbocycles. The molecule has 8 heteroatoms. The van der Waals surface area contributed by atoms with Gasteiger partial charge < -0.3 is 9.47 Å². The number of thioether (sulfide) groups is 1. The molecule has 0 saturated heterocycles. The second-order valence-electron chi connectivity index (χ2n) is 9.70. The van der Waals surface area contributed by atoms with E-state index >= 15 is 0 Å². The normalized spacial score (nSPS) is 18.1. The topological polar surface area (TPSA) is 73.0 Å². The number of carbonyl (C=O) groups excluding carboxylic acids is 1. The van der Waals surface area contributed by atoms with E-state index in [-0.39, 0.29) is 22.8 Å². The zero-order chi connectivity index (χ0) is 24.8. The van der Waals surface area contributed by atoms with E-state index in [1.807, 2.05) is 60.4 Å². The van der Waals surface area contributed by atoms with Crippen LogP contribution in [0.15, 0.2) is 64.5 Å². The summed E-state index contributed by atoms with van der Waals surface area (Å²) in [6.45, 7) is 4.85. The number of benzene rings is 2. The zero-order valence-corrected chi connectivity index (χ0v) is 21.4. The quantitative estimate of drug-likeness (QED) is 0.300. The van der Waals surface area contributed by atoms with Crippen molar-refractivity contribution in [3.05, 3.63) is 76.2 Å². The highest BCUT2D eigenvalue weighted by atomic mass is 32.2. The van der Waals surface area contributed by atoms with Crippen molar-refractivity contribution < 1.29 is 4.79 Å². The van der Waals surface area contributed by atoms with E-state index in [9.17, 15) is 9.59 Å². The molecule has 184 valence electrons. The average molecular weight is 500 g/mol. The summed E-state index contributed by atoms with van der Waals surface area (Å²) < 4.78 is 3.62. The first kappa shape index (κ1) is 23.0. The summed E-state index contributed by atoms with van der Waals surface area (Å²) in [7, 11) is 0. The predicted octanol–water partition coefficient (Wildman–Crippen LogP) is 4.72. The minimum absolute atomic E-state index is 0.0849. The minimum Gasteiger partial charge on any atom is -0.324 e. The van der Waals surface area contributed by atoms with Crippen LogP contribution in [0.25, 0.3) is 17.1 Å². The molecule has 4 aliphatic heterocycles. The maximum absolute atomic E-state index is 13.7. The molecular formula is C28H29N5O2S. The number of para-hydroxylation sites is 2. The van der Waals surface area contributed by atoms with Crippen molar-refractivity contribution in [1.29, 1.82) is 0 Å². The van der Waals surface area contributed by atoms with Gasteiger partial charge >= 0.3 is 0 Å². The molecule has 2 unspecified atom stereocenters. The molecule has 36 heavy (non-hydrogen) atoms. The van der Waals surface area contributed by atoms with Crippen molar-refractivity contribution >= 4 is 23.4 Å². The fraction of sp³-hybridized carbons (Fsp3) is 0.357. The van der Waals surface area contributed by atoms with Gasteiger partial charge in [-0.05, 0) is 63.3 Å². The fourth-order valence-corrected chi connectivity index (χ4v) is 6.49. The van der Waals surface area contributed by atoms with Crippen molar-refractivity contribution in [2.75, 3.05) is 4.90 Å². The summed E-state index contributed by atoms with van der Waals surface area (Å²) in [5, 5.41) is 5.06. The van der Waals surface area contributed by atoms with Crippen LogP contribution in [-0.4, -0.2) is 36.5 Å². The summed E-state index contributed by atoms with van der Waals surface area (Å²) in [5.41, 5.74) is 4.42. The second-order valence-corrected chi connectivity index (χ2v) is 11.0. The van der Waals surface area contributed by atoms with Gasteiger partial charge in [0.2, 0.25) is 5.91 Å². The SMILES string of the molecule is CC(Sc1nc2nn(-c3ccccc3)c(=O)c-2c2n1CCCCC2)C(=O)N1c2ccccc2CC1C. The number of anilines is 1. The molecule has 4 aliphatic rings. The predicted molar refractivity (Wildman–Crippen MR) is 142 cm³/mol. The Bertz CT molecular complexity index is 1460. The second kappa shape index (κ2) is 9.24. The highest BCUT2D eigenvalue weighted by molar-refractivity contribution is 8.00. The van der Waals surface area contributed by atoms with Crippen molar-refractivity contribution in [3.8, 4) is 17.1 Å². The van der Waals surface area contributed by atoms with E-state index in [1.165, 1.54) is 22.0 Å². The van der Waals surface area contributed by atoms with Crippen LogP contribution in [0.4, 0.5) is 5.69 Å². The number of aromatic nitrogens is 4. The third-order valence-electron chi connectivity index (χ3n) is 7.24. The Balaban J connectivity index is 1.40. The van der Waals surface area contributed by atoms with E-state index in [2.05, 4.69) is 22.7 Å². The molecule has 0 aliphatic carbocycles. The number of rotatable bonds is 4. The standard InChI is InChI=1S/C28H29N5O2S/c1-18-17-20-11-8-9-14-22(20)32(18)26(34)19(2)36-28-29-25-24(23-15-7-4-10-16-31(23)28)27(35)33(30-25)21-12-5-3-6-13-21/h3,5-6,8-9,11-14,18-19H,4,7,10,15-17H2,1-2H3. The molecule has 0 N–H and O–H groups in total. The van der Waals surface area contributed by atoms with Gasteiger partial charge in [-0.1, -0.05) is 54.6 Å². The number of hydrogen-bond donors (Lipinski definition) is 0. The van der Waals surface area contributed by atoms with Gasteiger partial charge in [-0.25, -0.2) is 4.98 Å². The first-order valence-electron chi connectivity index (χ1n) is 12.7. The molecule has 7 nitrogen and oxygen atoms in total. The van der Waals surface area contributed by atoms with Gasteiger partial charge in [0.15, 0.2) is 11.0 Å². The number of carbonyl (C=O) groups is 1. The molecule has 0 spiro atoms. The largest absolute Gasteiger partial charge is 0.324 e. The number of fused-ring (bicyclic) bond motifs is 4. The molecule has 4 heterocycles. The van der Waals surface area contributed by atoms with Crippen LogP contribution in [0.5, 0.6) is 0 Å². The molecule has 1 amide bonds. The Morgan fingerprint density at radius 2 is 1.83 bits per heavy atom. The van der Waals surface area contributed by atoms with Crippen LogP contribution >= 0.6 is 11.8 Å². The lowest BCUT2D eigenvalue weighted by Gasteiger charge is -2.26. The third-order valence-corrected chi connectivity index (χ3v) is 8.32. The van der Waals surface area contributed by atoms with Gasteiger partial charge in [0.1, 0.15) is 5.56 Å². The van der Waals surface area contributed by atoms with Crippen molar-refractivity contribution in [3.63, 3.8) is 0 Å². The minimum atomic E-state index is -0.327. The van der Waals surface area contributed by atoms with E-state index in [1.54, 1.807) is 0 Å². The highest BCUT2D eigenvalue weighted by Crippen LogP contribution is 2.36. The van der Waals surface area contributed by atoms with Gasteiger partial charge in [-0.15, -0.1) is 5.10 Å². The summed E-state index contributed by atoms with van der Waals surface area (Å²) in [6, 6.07) is 17.8. The molecule has 6 rings (SSSR count). The molecule has 0 aromatic heterocycles. The first-order valence-corrected chi connectivity index (χ1v) is 13.6. The fourth-order valence-electron chi connectivity index (χ4n) is 5.49. The molecular weight excluding hydrogens is 470 g/mol. The van der Waals surface area contributed by atoms with Gasteiger partial charge in [-0.2, -0.15) is 4.68 Å². The lowest BCUT2D eigenvalue weighted by molar-refractivity contribution is -0.118. The van der Waals surface area contributed by atoms with E-state index in [0.29, 0.717) is 11.4 Å². The van der Waals surface area contributed by atoms with Crippen LogP contribution in [0, 0.1) is 0 Å². The summed E-state index contributed by atoms with van der Waals surface area (Å²) in [4.78, 5) is 33.9. The van der Waals surface area contributed by atoms with Crippen LogP contribution < -0.4 is 10.5 Å². The lowest BCUT2D eigenvalue weighted by Crippen LogP contribution is -2.40. The van der Waals surface area contributed by atoms with Crippen molar-refractivity contribution in [1.82, 2.24) is 19.3 Å². The van der Waals surface area contributed by atoms with E-state index < -0.39 is 0 Å². The van der Waals surface area contributed by atoms with E-state index in [4.69, 9.17) is 4.98 Å². The highest BCUT2D eigenvalue weighted by Gasteiger charge is 2.35. The zero-order valence-electron chi connectivity index (χ0n) is 20.6. The smallest absolute Gasteiger partial charge is 0.284 e. The first-order chi connectivity index (χ1) is 17.5. The Hall–Kier alpha value is -3.39. The Morgan fingerprint density at radius 1 is 1.06 bits per heavy atom. The molecule has 2 aromatic rings. The van der Waals surface area contributed by atoms with E-state index in [0.717, 1.165) is 60.9 Å². The van der Waals surface area contributed by atoms with Crippen LogP contribution in [0.1, 0.15) is 44.4 Å². The monoisotopic (exact) mass is 499 g/mol. The maximum Gasteiger partial charge on any atom is 0.284 e. The van der Waals surface area contributed by atoms with Crippen LogP contribution in [0.3, 0.4) is 0 Å². The van der Waals surface area contributed by atoms with Gasteiger partial charge in [0.25, 0.3) is 5.56 Å². The average Bonchev–Trinajstić information content (AvgIpc) is 3.27. The third kappa shape index (κ3) is 3.84.